The molecule has 0 N–H and O–H groups in total. The van der Waals surface area contributed by atoms with Crippen molar-refractivity contribution in [2.45, 2.75) is 257 Å². The van der Waals surface area contributed by atoms with Crippen LogP contribution in [0.3, 0.4) is 0 Å². The molecule has 0 amide bonds. The molecule has 2 heterocycles. The summed E-state index contributed by atoms with van der Waals surface area (Å²) in [5.41, 5.74) is 29.4. The number of unbranched alkanes of at least 4 members (excludes halogenated alkanes) is 20. The van der Waals surface area contributed by atoms with E-state index in [0.717, 1.165) is 28.8 Å². The summed E-state index contributed by atoms with van der Waals surface area (Å²) in [6.45, 7) is 16.6. The topological polar surface area (TPSA) is 26.3 Å². The Balaban J connectivity index is 0.927. The van der Waals surface area contributed by atoms with Gasteiger partial charge in [0.25, 0.3) is 0 Å². The van der Waals surface area contributed by atoms with E-state index in [0.29, 0.717) is 0 Å². The molecule has 0 saturated heterocycles. The second-order valence-electron chi connectivity index (χ2n) is 30.6. The predicted molar refractivity (Wildman–Crippen MR) is 412 cm³/mol. The molecule has 0 aliphatic heterocycles. The van der Waals surface area contributed by atoms with Crippen LogP contribution in [0.25, 0.3) is 88.4 Å². The highest BCUT2D eigenvalue weighted by atomic mass is 16.3. The predicted octanol–water partition coefficient (Wildman–Crippen LogP) is 28.7. The number of furan rings is 2. The largest absolute Gasteiger partial charge is 0.456 e. The maximum atomic E-state index is 6.95. The minimum absolute atomic E-state index is 0.0720. The van der Waals surface area contributed by atoms with Gasteiger partial charge in [0.15, 0.2) is 0 Å². The van der Waals surface area contributed by atoms with Gasteiger partial charge in [-0.25, -0.2) is 0 Å². The average molecular weight is 1270 g/mol. The van der Waals surface area contributed by atoms with E-state index in [1.54, 1.807) is 22.3 Å². The Bertz CT molecular complexity index is 4490. The Morgan fingerprint density at radius 1 is 0.323 bits per heavy atom. The van der Waals surface area contributed by atoms with Crippen molar-refractivity contribution in [3.05, 3.63) is 225 Å². The van der Waals surface area contributed by atoms with Crippen LogP contribution in [-0.4, -0.2) is 0 Å². The molecule has 0 fully saturated rings. The summed E-state index contributed by atoms with van der Waals surface area (Å²) in [5.74, 6) is 0.157. The summed E-state index contributed by atoms with van der Waals surface area (Å²) in [5, 5.41) is 5.04. The van der Waals surface area contributed by atoms with E-state index in [-0.39, 0.29) is 22.2 Å². The first kappa shape index (κ1) is 65.8. The molecule has 0 spiro atoms. The molecule has 14 rings (SSSR count). The molecular formula is C94H108O2. The lowest BCUT2D eigenvalue weighted by atomic mass is 9.68. The number of rotatable bonds is 33. The fourth-order valence-corrected chi connectivity index (χ4v) is 18.9. The van der Waals surface area contributed by atoms with Crippen LogP contribution in [-0.2, 0) is 22.7 Å². The third-order valence-corrected chi connectivity index (χ3v) is 24.0. The van der Waals surface area contributed by atoms with E-state index >= 15 is 0 Å². The van der Waals surface area contributed by atoms with E-state index in [1.807, 2.05) is 0 Å². The lowest BCUT2D eigenvalue weighted by molar-refractivity contribution is 0.394. The number of hydrogen-bond acceptors (Lipinski definition) is 2. The van der Waals surface area contributed by atoms with Gasteiger partial charge in [-0.2, -0.15) is 0 Å². The molecule has 3 aliphatic carbocycles. The van der Waals surface area contributed by atoms with Gasteiger partial charge in [0.1, 0.15) is 22.3 Å². The molecule has 1 unspecified atom stereocenters. The Morgan fingerprint density at radius 3 is 1.44 bits per heavy atom. The van der Waals surface area contributed by atoms with Crippen molar-refractivity contribution in [1.82, 2.24) is 0 Å². The zero-order chi connectivity index (χ0) is 65.8. The van der Waals surface area contributed by atoms with E-state index in [4.69, 9.17) is 8.83 Å². The van der Waals surface area contributed by atoms with Crippen LogP contribution < -0.4 is 0 Å². The van der Waals surface area contributed by atoms with Gasteiger partial charge >= 0.3 is 0 Å². The highest BCUT2D eigenvalue weighted by molar-refractivity contribution is 6.19. The normalized spacial score (nSPS) is 14.8. The summed E-state index contributed by atoms with van der Waals surface area (Å²) in [6.07, 6.45) is 37.0. The second kappa shape index (κ2) is 29.0. The summed E-state index contributed by atoms with van der Waals surface area (Å²) in [7, 11) is 0. The SMILES string of the molecule is CCCCCCCCC1(CCCCCCCC)c2cc(C(Cc3ccc4c(c3)C(C)(C)c3cc(-c5ccccc5C)c5oc6ccccc6c5c3-4)c3ccccc3)ccc2-c2cc3c(cc21)-c1c(ccc2oc4ccccc4c12)C3(CCCCCCCC)CCCCCCCC. The fraction of sp³-hybridized carbons (Fsp3) is 0.426. The molecule has 2 aromatic heterocycles. The molecule has 3 aliphatic rings. The van der Waals surface area contributed by atoms with E-state index in [9.17, 15) is 0 Å². The minimum atomic E-state index is -0.239. The van der Waals surface area contributed by atoms with Crippen LogP contribution in [0.2, 0.25) is 0 Å². The van der Waals surface area contributed by atoms with Gasteiger partial charge in [-0.3, -0.25) is 0 Å². The Hall–Kier alpha value is -7.42. The Morgan fingerprint density at radius 2 is 0.812 bits per heavy atom. The molecule has 2 heteroatoms. The zero-order valence-corrected chi connectivity index (χ0v) is 59.6. The van der Waals surface area contributed by atoms with Gasteiger partial charge in [0.2, 0.25) is 0 Å². The van der Waals surface area contributed by atoms with Crippen LogP contribution in [0.4, 0.5) is 0 Å². The smallest absolute Gasteiger partial charge is 0.143 e. The van der Waals surface area contributed by atoms with Crippen molar-refractivity contribution < 1.29 is 8.83 Å². The van der Waals surface area contributed by atoms with E-state index in [1.165, 1.54) is 279 Å². The van der Waals surface area contributed by atoms with Crippen molar-refractivity contribution in [2.24, 2.45) is 0 Å². The number of benzene rings is 9. The minimum Gasteiger partial charge on any atom is -0.456 e. The standard InChI is InChI=1S/C94H108O2/c1-8-12-16-20-24-37-55-93(56-38-25-21-17-13-9-2)78-53-54-86-89(72-45-33-35-47-84(72)95-86)88(78)77-64-81-75(62-82(77)93)70-52-50-68(61-80(70)94(81,57-39-26-22-18-14-10-3)58-40-27-23-19-15-11-4)74(67-42-29-28-30-43-67)59-66-49-51-71-79(60-66)92(6,7)83-63-76(69-44-32-31-41-65(69)5)91-90(87(71)83)73-46-34-36-48-85(73)96-91/h28-36,41-54,60-64,74H,8-27,37-40,55-59H2,1-7H3. The maximum absolute atomic E-state index is 6.95. The first-order valence-electron chi connectivity index (χ1n) is 38.7. The molecule has 2 nitrogen and oxygen atoms in total. The highest BCUT2D eigenvalue weighted by Gasteiger charge is 2.49. The number of hydrogen-bond donors (Lipinski definition) is 0. The molecule has 96 heavy (non-hydrogen) atoms. The zero-order valence-electron chi connectivity index (χ0n) is 59.6. The van der Waals surface area contributed by atoms with Crippen LogP contribution in [0, 0.1) is 6.92 Å². The summed E-state index contributed by atoms with van der Waals surface area (Å²) in [4.78, 5) is 0. The van der Waals surface area contributed by atoms with E-state index < -0.39 is 0 Å². The quantitative estimate of drug-likeness (QED) is 0.0383. The van der Waals surface area contributed by atoms with Gasteiger partial charge in [0.05, 0.1) is 0 Å². The van der Waals surface area contributed by atoms with Crippen molar-refractivity contribution >= 4 is 43.9 Å². The molecule has 496 valence electrons. The van der Waals surface area contributed by atoms with E-state index in [2.05, 4.69) is 218 Å². The number of para-hydroxylation sites is 2. The molecule has 1 atom stereocenters. The number of fused-ring (bicyclic) bond motifs is 17. The van der Waals surface area contributed by atoms with Crippen LogP contribution in [0.5, 0.6) is 0 Å². The average Bonchev–Trinajstić information content (AvgIpc) is 1.53. The second-order valence-corrected chi connectivity index (χ2v) is 30.6. The van der Waals surface area contributed by atoms with Gasteiger partial charge in [-0.15, -0.1) is 0 Å². The van der Waals surface area contributed by atoms with Crippen LogP contribution in [0.15, 0.2) is 179 Å². The first-order chi connectivity index (χ1) is 47.1. The van der Waals surface area contributed by atoms with Crippen molar-refractivity contribution in [1.29, 1.82) is 0 Å². The maximum Gasteiger partial charge on any atom is 0.143 e. The summed E-state index contributed by atoms with van der Waals surface area (Å²) in [6, 6.07) is 66.9. The van der Waals surface area contributed by atoms with Crippen LogP contribution >= 0.6 is 0 Å². The lowest BCUT2D eigenvalue weighted by Crippen LogP contribution is -2.27. The van der Waals surface area contributed by atoms with Crippen LogP contribution in [0.1, 0.15) is 283 Å². The molecule has 0 radical (unpaired) electrons. The molecule has 0 bridgehead atoms. The molecule has 0 saturated carbocycles. The van der Waals surface area contributed by atoms with Gasteiger partial charge in [0, 0.05) is 49.3 Å². The third kappa shape index (κ3) is 12.1. The van der Waals surface area contributed by atoms with Crippen molar-refractivity contribution in [2.75, 3.05) is 0 Å². The highest BCUT2D eigenvalue weighted by Crippen LogP contribution is 2.63. The molecular weight excluding hydrogens is 1160 g/mol. The Labute approximate surface area is 576 Å². The molecule has 11 aromatic rings. The van der Waals surface area contributed by atoms with Gasteiger partial charge in [-0.05, 0) is 170 Å². The van der Waals surface area contributed by atoms with Crippen molar-refractivity contribution in [3.8, 4) is 44.5 Å². The summed E-state index contributed by atoms with van der Waals surface area (Å²) < 4.78 is 13.9. The van der Waals surface area contributed by atoms with Crippen molar-refractivity contribution in [3.63, 3.8) is 0 Å². The lowest BCUT2D eigenvalue weighted by Gasteiger charge is -2.35. The van der Waals surface area contributed by atoms with Gasteiger partial charge < -0.3 is 8.83 Å². The van der Waals surface area contributed by atoms with Gasteiger partial charge in [-0.1, -0.05) is 329 Å². The third-order valence-electron chi connectivity index (χ3n) is 24.0. The first-order valence-corrected chi connectivity index (χ1v) is 38.7. The number of aryl methyl sites for hydroxylation is 1. The fourth-order valence-electron chi connectivity index (χ4n) is 18.9. The summed E-state index contributed by atoms with van der Waals surface area (Å²) >= 11 is 0. The Kier molecular flexibility index (Phi) is 19.9. The monoisotopic (exact) mass is 1270 g/mol. The molecule has 9 aromatic carbocycles.